The second kappa shape index (κ2) is 6.24. The van der Waals surface area contributed by atoms with Crippen LogP contribution in [0, 0.1) is 0 Å². The van der Waals surface area contributed by atoms with E-state index in [1.54, 1.807) is 9.80 Å². The van der Waals surface area contributed by atoms with Gasteiger partial charge in [0.1, 0.15) is 12.1 Å². The second-order valence-electron chi connectivity index (χ2n) is 5.59. The summed E-state index contributed by atoms with van der Waals surface area (Å²) in [4.78, 5) is 39.3. The van der Waals surface area contributed by atoms with E-state index >= 15 is 0 Å². The van der Waals surface area contributed by atoms with Crippen molar-refractivity contribution in [3.8, 4) is 0 Å². The van der Waals surface area contributed by atoms with Gasteiger partial charge in [0.15, 0.2) is 0 Å². The van der Waals surface area contributed by atoms with Gasteiger partial charge in [0, 0.05) is 19.5 Å². The molecular weight excluding hydrogens is 258 g/mol. The van der Waals surface area contributed by atoms with Gasteiger partial charge in [-0.3, -0.25) is 14.4 Å². The van der Waals surface area contributed by atoms with E-state index in [0.29, 0.717) is 32.4 Å². The lowest BCUT2D eigenvalue weighted by Gasteiger charge is -2.30. The third-order valence-electron chi connectivity index (χ3n) is 4.19. The minimum Gasteiger partial charge on any atom is -0.368 e. The Balaban J connectivity index is 2.07. The summed E-state index contributed by atoms with van der Waals surface area (Å²) < 4.78 is 0. The van der Waals surface area contributed by atoms with Gasteiger partial charge in [0.2, 0.25) is 17.7 Å². The summed E-state index contributed by atoms with van der Waals surface area (Å²) in [5, 5.41) is 0. The smallest absolute Gasteiger partial charge is 0.246 e. The summed E-state index contributed by atoms with van der Waals surface area (Å²) in [7, 11) is 0. The van der Waals surface area contributed by atoms with Gasteiger partial charge in [-0.1, -0.05) is 6.92 Å². The highest BCUT2D eigenvalue weighted by Crippen LogP contribution is 2.25. The lowest BCUT2D eigenvalue weighted by molar-refractivity contribution is -0.146. The molecule has 2 fully saturated rings. The standard InChI is InChI=1S/C14H23N3O3/c1-2-5-12(18)16-8-4-7-11(16)14(20)17-9-3-6-10(17)13(15)19/h10-11H,2-9H2,1H3,(H2,15,19)/t10-,11?/m1/s1. The second-order valence-corrected chi connectivity index (χ2v) is 5.59. The number of nitrogens with zero attached hydrogens (tertiary/aromatic N) is 2. The van der Waals surface area contributed by atoms with E-state index in [1.165, 1.54) is 0 Å². The first kappa shape index (κ1) is 14.8. The third-order valence-corrected chi connectivity index (χ3v) is 4.19. The van der Waals surface area contributed by atoms with Crippen LogP contribution in [0.5, 0.6) is 0 Å². The minimum absolute atomic E-state index is 0.0400. The average Bonchev–Trinajstić information content (AvgIpc) is 3.07. The molecule has 6 nitrogen and oxygen atoms in total. The molecule has 2 heterocycles. The van der Waals surface area contributed by atoms with Crippen LogP contribution in [-0.4, -0.2) is 52.7 Å². The summed E-state index contributed by atoms with van der Waals surface area (Å²) in [5.74, 6) is -0.508. The zero-order valence-electron chi connectivity index (χ0n) is 12.0. The highest BCUT2D eigenvalue weighted by molar-refractivity contribution is 5.92. The van der Waals surface area contributed by atoms with E-state index in [0.717, 1.165) is 19.3 Å². The predicted octanol–water partition coefficient (Wildman–Crippen LogP) is 0.254. The fraction of sp³-hybridized carbons (Fsp3) is 0.786. The van der Waals surface area contributed by atoms with Crippen LogP contribution in [0.25, 0.3) is 0 Å². The highest BCUT2D eigenvalue weighted by atomic mass is 16.2. The Morgan fingerprint density at radius 1 is 1.05 bits per heavy atom. The summed E-state index contributed by atoms with van der Waals surface area (Å²) in [6, 6.07) is -0.889. The van der Waals surface area contributed by atoms with E-state index in [9.17, 15) is 14.4 Å². The molecule has 0 aromatic carbocycles. The summed E-state index contributed by atoms with van der Waals surface area (Å²) in [6.07, 6.45) is 4.23. The lowest BCUT2D eigenvalue weighted by atomic mass is 10.1. The predicted molar refractivity (Wildman–Crippen MR) is 73.6 cm³/mol. The van der Waals surface area contributed by atoms with Crippen molar-refractivity contribution in [3.63, 3.8) is 0 Å². The Labute approximate surface area is 119 Å². The number of amides is 3. The first-order valence-electron chi connectivity index (χ1n) is 7.45. The van der Waals surface area contributed by atoms with E-state index in [4.69, 9.17) is 5.73 Å². The Bertz CT molecular complexity index is 410. The topological polar surface area (TPSA) is 83.7 Å². The monoisotopic (exact) mass is 281 g/mol. The van der Waals surface area contributed by atoms with Gasteiger partial charge >= 0.3 is 0 Å². The molecule has 3 amide bonds. The molecule has 0 aromatic rings. The summed E-state index contributed by atoms with van der Waals surface area (Å²) in [5.41, 5.74) is 5.35. The van der Waals surface area contributed by atoms with E-state index in [2.05, 4.69) is 0 Å². The number of hydrogen-bond donors (Lipinski definition) is 1. The Morgan fingerprint density at radius 3 is 2.25 bits per heavy atom. The number of primary amides is 1. The molecule has 2 atom stereocenters. The number of hydrogen-bond acceptors (Lipinski definition) is 3. The molecule has 0 bridgehead atoms. The van der Waals surface area contributed by atoms with Crippen molar-refractivity contribution in [1.82, 2.24) is 9.80 Å². The molecule has 20 heavy (non-hydrogen) atoms. The van der Waals surface area contributed by atoms with Crippen LogP contribution in [0.1, 0.15) is 45.4 Å². The van der Waals surface area contributed by atoms with Crippen molar-refractivity contribution in [2.24, 2.45) is 5.73 Å². The first-order valence-corrected chi connectivity index (χ1v) is 7.45. The van der Waals surface area contributed by atoms with E-state index in [-0.39, 0.29) is 11.8 Å². The zero-order chi connectivity index (χ0) is 14.7. The van der Waals surface area contributed by atoms with Crippen molar-refractivity contribution in [2.75, 3.05) is 13.1 Å². The third kappa shape index (κ3) is 2.78. The van der Waals surface area contributed by atoms with Crippen LogP contribution in [0.4, 0.5) is 0 Å². The summed E-state index contributed by atoms with van der Waals surface area (Å²) in [6.45, 7) is 3.16. The fourth-order valence-electron chi connectivity index (χ4n) is 3.20. The van der Waals surface area contributed by atoms with Gasteiger partial charge in [0.05, 0.1) is 0 Å². The number of likely N-dealkylation sites (tertiary alicyclic amines) is 2. The van der Waals surface area contributed by atoms with Crippen molar-refractivity contribution in [3.05, 3.63) is 0 Å². The van der Waals surface area contributed by atoms with Crippen LogP contribution in [0.3, 0.4) is 0 Å². The van der Waals surface area contributed by atoms with Gasteiger partial charge in [-0.15, -0.1) is 0 Å². The van der Waals surface area contributed by atoms with Crippen molar-refractivity contribution in [2.45, 2.75) is 57.5 Å². The highest BCUT2D eigenvalue weighted by Gasteiger charge is 2.41. The maximum Gasteiger partial charge on any atom is 0.246 e. The molecule has 2 aliphatic rings. The maximum absolute atomic E-state index is 12.6. The Hall–Kier alpha value is -1.59. The quantitative estimate of drug-likeness (QED) is 0.802. The van der Waals surface area contributed by atoms with Crippen LogP contribution in [0.2, 0.25) is 0 Å². The van der Waals surface area contributed by atoms with Crippen LogP contribution in [-0.2, 0) is 14.4 Å². The lowest BCUT2D eigenvalue weighted by Crippen LogP contribution is -2.52. The normalized spacial score (nSPS) is 26.1. The molecule has 2 N–H and O–H groups in total. The van der Waals surface area contributed by atoms with Crippen molar-refractivity contribution >= 4 is 17.7 Å². The van der Waals surface area contributed by atoms with Gasteiger partial charge < -0.3 is 15.5 Å². The fourth-order valence-corrected chi connectivity index (χ4v) is 3.20. The van der Waals surface area contributed by atoms with Gasteiger partial charge in [-0.25, -0.2) is 0 Å². The molecule has 112 valence electrons. The molecule has 0 aromatic heterocycles. The molecule has 0 saturated carbocycles. The molecule has 0 radical (unpaired) electrons. The van der Waals surface area contributed by atoms with E-state index in [1.807, 2.05) is 6.92 Å². The van der Waals surface area contributed by atoms with Gasteiger partial charge in [-0.2, -0.15) is 0 Å². The average molecular weight is 281 g/mol. The molecule has 2 rings (SSSR count). The molecule has 0 aliphatic carbocycles. The van der Waals surface area contributed by atoms with Crippen LogP contribution < -0.4 is 5.73 Å². The van der Waals surface area contributed by atoms with Crippen LogP contribution in [0.15, 0.2) is 0 Å². The summed E-state index contributed by atoms with van der Waals surface area (Å²) >= 11 is 0. The molecular formula is C14H23N3O3. The minimum atomic E-state index is -0.494. The molecule has 6 heteroatoms. The van der Waals surface area contributed by atoms with Crippen molar-refractivity contribution < 1.29 is 14.4 Å². The van der Waals surface area contributed by atoms with Crippen LogP contribution >= 0.6 is 0 Å². The number of nitrogens with two attached hydrogens (primary N) is 1. The van der Waals surface area contributed by atoms with E-state index < -0.39 is 18.0 Å². The molecule has 0 spiro atoms. The molecule has 2 saturated heterocycles. The maximum atomic E-state index is 12.6. The first-order chi connectivity index (χ1) is 9.56. The number of carbonyl (C=O) groups excluding carboxylic acids is 3. The SMILES string of the molecule is CCCC(=O)N1CCCC1C(=O)N1CCC[C@@H]1C(N)=O. The van der Waals surface area contributed by atoms with Gasteiger partial charge in [-0.05, 0) is 32.1 Å². The largest absolute Gasteiger partial charge is 0.368 e. The Morgan fingerprint density at radius 2 is 1.65 bits per heavy atom. The van der Waals surface area contributed by atoms with Gasteiger partial charge in [0.25, 0.3) is 0 Å². The van der Waals surface area contributed by atoms with Crippen molar-refractivity contribution in [1.29, 1.82) is 0 Å². The number of carbonyl (C=O) groups is 3. The zero-order valence-corrected chi connectivity index (χ0v) is 12.0. The Kier molecular flexibility index (Phi) is 4.62. The molecule has 2 aliphatic heterocycles. The molecule has 1 unspecified atom stereocenters. The number of rotatable bonds is 4.